The Bertz CT molecular complexity index is 442. The Balaban J connectivity index is 1.81. The van der Waals surface area contributed by atoms with Crippen molar-refractivity contribution in [3.05, 3.63) is 0 Å². The number of esters is 2. The van der Waals surface area contributed by atoms with E-state index in [9.17, 15) is 9.59 Å². The zero-order valence-corrected chi connectivity index (χ0v) is 16.8. The van der Waals surface area contributed by atoms with E-state index in [1.165, 1.54) is 0 Å². The summed E-state index contributed by atoms with van der Waals surface area (Å²) in [5.41, 5.74) is 11.7. The number of hydrogen-bond acceptors (Lipinski definition) is 10. The van der Waals surface area contributed by atoms with Gasteiger partial charge in [-0.1, -0.05) is 0 Å². The maximum atomic E-state index is 12.1. The molecule has 2 fully saturated rings. The topological polar surface area (TPSA) is 123 Å². The lowest BCUT2D eigenvalue weighted by Gasteiger charge is -2.19. The van der Waals surface area contributed by atoms with Crippen LogP contribution in [0.5, 0.6) is 0 Å². The summed E-state index contributed by atoms with van der Waals surface area (Å²) in [6.07, 6.45) is 3.03. The Morgan fingerprint density at radius 3 is 1.65 bits per heavy atom. The Morgan fingerprint density at radius 2 is 1.31 bits per heavy atom. The monoisotopic (exact) mass is 408 g/mol. The molecule has 0 bridgehead atoms. The maximum Gasteiger partial charge on any atom is 0.323 e. The number of thioether (sulfide) groups is 2. The van der Waals surface area contributed by atoms with E-state index in [1.54, 1.807) is 23.5 Å². The van der Waals surface area contributed by atoms with Gasteiger partial charge in [0, 0.05) is 0 Å². The first-order valence-corrected chi connectivity index (χ1v) is 11.4. The molecule has 150 valence electrons. The lowest BCUT2D eigenvalue weighted by Crippen LogP contribution is -2.41. The highest BCUT2D eigenvalue weighted by Crippen LogP contribution is 2.31. The van der Waals surface area contributed by atoms with Crippen molar-refractivity contribution in [3.63, 3.8) is 0 Å². The summed E-state index contributed by atoms with van der Waals surface area (Å²) in [5, 5.41) is 0. The van der Waals surface area contributed by atoms with Crippen molar-refractivity contribution in [3.8, 4) is 0 Å². The molecular weight excluding hydrogens is 380 g/mol. The fraction of sp³-hybridized carbons (Fsp3) is 0.875. The number of ether oxygens (including phenoxy) is 4. The van der Waals surface area contributed by atoms with Gasteiger partial charge < -0.3 is 30.4 Å². The first-order valence-electron chi connectivity index (χ1n) is 8.61. The third-order valence-electron chi connectivity index (χ3n) is 4.37. The molecule has 2 aliphatic rings. The van der Waals surface area contributed by atoms with Crippen LogP contribution in [0.15, 0.2) is 0 Å². The molecule has 2 heterocycles. The lowest BCUT2D eigenvalue weighted by atomic mass is 10.1. The van der Waals surface area contributed by atoms with Crippen LogP contribution >= 0.6 is 23.5 Å². The molecule has 0 aromatic rings. The van der Waals surface area contributed by atoms with Gasteiger partial charge in [0.15, 0.2) is 12.2 Å². The molecule has 0 aromatic carbocycles. The second-order valence-electron chi connectivity index (χ2n) is 6.32. The molecule has 26 heavy (non-hydrogen) atoms. The normalized spacial score (nSPS) is 29.8. The van der Waals surface area contributed by atoms with Crippen LogP contribution in [0.25, 0.3) is 0 Å². The van der Waals surface area contributed by atoms with Gasteiger partial charge in [0.25, 0.3) is 0 Å². The van der Waals surface area contributed by atoms with Crippen LogP contribution in [0.1, 0.15) is 12.8 Å². The zero-order valence-electron chi connectivity index (χ0n) is 15.1. The van der Waals surface area contributed by atoms with Crippen LogP contribution < -0.4 is 11.5 Å². The van der Waals surface area contributed by atoms with Gasteiger partial charge in [-0.15, -0.1) is 0 Å². The van der Waals surface area contributed by atoms with Crippen molar-refractivity contribution in [2.75, 3.05) is 37.2 Å². The van der Waals surface area contributed by atoms with Gasteiger partial charge in [0.2, 0.25) is 0 Å². The van der Waals surface area contributed by atoms with Crippen molar-refractivity contribution in [2.24, 2.45) is 11.5 Å². The number of carbonyl (C=O) groups is 2. The van der Waals surface area contributed by atoms with E-state index < -0.39 is 48.4 Å². The fourth-order valence-electron chi connectivity index (χ4n) is 2.83. The van der Waals surface area contributed by atoms with Gasteiger partial charge in [-0.2, -0.15) is 23.5 Å². The van der Waals surface area contributed by atoms with Gasteiger partial charge in [0.05, 0.1) is 13.2 Å². The van der Waals surface area contributed by atoms with Crippen molar-refractivity contribution in [1.29, 1.82) is 0 Å². The molecule has 0 unspecified atom stereocenters. The minimum absolute atomic E-state index is 0.197. The van der Waals surface area contributed by atoms with Crippen molar-refractivity contribution in [2.45, 2.75) is 49.3 Å². The highest BCUT2D eigenvalue weighted by Gasteiger charge is 2.51. The Morgan fingerprint density at radius 1 is 0.923 bits per heavy atom. The molecule has 0 radical (unpaired) electrons. The fourth-order valence-corrected chi connectivity index (χ4v) is 3.81. The minimum atomic E-state index is -0.661. The zero-order chi connectivity index (χ0) is 19.1. The van der Waals surface area contributed by atoms with E-state index >= 15 is 0 Å². The van der Waals surface area contributed by atoms with Gasteiger partial charge in [0.1, 0.15) is 24.3 Å². The predicted octanol–water partition coefficient (Wildman–Crippen LogP) is -0.232. The number of nitrogens with two attached hydrogens (primary N) is 2. The lowest BCUT2D eigenvalue weighted by molar-refractivity contribution is -0.157. The van der Waals surface area contributed by atoms with Gasteiger partial charge in [-0.25, -0.2) is 0 Å². The Labute approximate surface area is 162 Å². The highest BCUT2D eigenvalue weighted by molar-refractivity contribution is 7.98. The summed E-state index contributed by atoms with van der Waals surface area (Å²) in [6.45, 7) is 0.395. The molecular formula is C16H28N2O6S2. The summed E-state index contributed by atoms with van der Waals surface area (Å²) in [4.78, 5) is 24.1. The smallest absolute Gasteiger partial charge is 0.323 e. The molecule has 10 heteroatoms. The summed E-state index contributed by atoms with van der Waals surface area (Å²) in [5.74, 6) is 0.650. The van der Waals surface area contributed by atoms with Crippen LogP contribution in [0.4, 0.5) is 0 Å². The molecule has 0 aromatic heterocycles. The molecule has 8 nitrogen and oxygen atoms in total. The van der Waals surface area contributed by atoms with Gasteiger partial charge in [-0.05, 0) is 36.9 Å². The molecule has 6 atom stereocenters. The predicted molar refractivity (Wildman–Crippen MR) is 101 cm³/mol. The van der Waals surface area contributed by atoms with Gasteiger partial charge >= 0.3 is 11.9 Å². The average molecular weight is 409 g/mol. The largest absolute Gasteiger partial charge is 0.456 e. The molecule has 2 saturated heterocycles. The highest BCUT2D eigenvalue weighted by atomic mass is 32.2. The number of rotatable bonds is 10. The van der Waals surface area contributed by atoms with E-state index in [4.69, 9.17) is 30.4 Å². The first kappa shape index (κ1) is 21.8. The van der Waals surface area contributed by atoms with Crippen molar-refractivity contribution in [1.82, 2.24) is 0 Å². The van der Waals surface area contributed by atoms with Crippen LogP contribution in [0, 0.1) is 0 Å². The average Bonchev–Trinajstić information content (AvgIpc) is 3.21. The second-order valence-corrected chi connectivity index (χ2v) is 8.29. The molecule has 2 rings (SSSR count). The van der Waals surface area contributed by atoms with Crippen molar-refractivity contribution < 1.29 is 28.5 Å². The standard InChI is InChI=1S/C16H28N2O6S2/c1-25-5-3-9(17)15(19)23-11-7-21-14-12(8-22-13(11)14)24-16(20)10(18)4-6-26-2/h9-14H,3-8,17-18H2,1-2H3/t9-,10-,11-,12+,13+,14+/m0/s1. The first-order chi connectivity index (χ1) is 12.5. The maximum absolute atomic E-state index is 12.1. The number of hydrogen-bond donors (Lipinski definition) is 2. The third-order valence-corrected chi connectivity index (χ3v) is 5.66. The van der Waals surface area contributed by atoms with E-state index in [-0.39, 0.29) is 13.2 Å². The molecule has 0 saturated carbocycles. The minimum Gasteiger partial charge on any atom is -0.456 e. The molecule has 0 amide bonds. The summed E-state index contributed by atoms with van der Waals surface area (Å²) >= 11 is 3.24. The van der Waals surface area contributed by atoms with Gasteiger partial charge in [-0.3, -0.25) is 9.59 Å². The molecule has 0 spiro atoms. The third kappa shape index (κ3) is 5.74. The van der Waals surface area contributed by atoms with Crippen LogP contribution in [-0.2, 0) is 28.5 Å². The summed E-state index contributed by atoms with van der Waals surface area (Å²) in [6, 6.07) is -1.32. The van der Waals surface area contributed by atoms with Crippen molar-refractivity contribution >= 4 is 35.5 Å². The SMILES string of the molecule is CSCC[C@H](N)C(=O)O[C@H]1CO[C@H]2[C@@H]1OC[C@H]2OC(=O)[C@@H](N)CCSC. The molecule has 4 N–H and O–H groups in total. The van der Waals surface area contributed by atoms with E-state index in [0.717, 1.165) is 11.5 Å². The van der Waals surface area contributed by atoms with Crippen LogP contribution in [-0.4, -0.2) is 85.7 Å². The molecule has 2 aliphatic heterocycles. The summed E-state index contributed by atoms with van der Waals surface area (Å²) in [7, 11) is 0. The quantitative estimate of drug-likeness (QED) is 0.468. The molecule has 0 aliphatic carbocycles. The number of fused-ring (bicyclic) bond motifs is 1. The van der Waals surface area contributed by atoms with E-state index in [2.05, 4.69) is 0 Å². The Kier molecular flexibility index (Phi) is 8.98. The number of carbonyl (C=O) groups excluding carboxylic acids is 2. The summed E-state index contributed by atoms with van der Waals surface area (Å²) < 4.78 is 22.2. The van der Waals surface area contributed by atoms with Crippen LogP contribution in [0.3, 0.4) is 0 Å². The van der Waals surface area contributed by atoms with Crippen LogP contribution in [0.2, 0.25) is 0 Å². The second kappa shape index (κ2) is 10.7. The van der Waals surface area contributed by atoms with E-state index in [0.29, 0.717) is 12.8 Å². The Hall–Kier alpha value is -0.520. The van der Waals surface area contributed by atoms with E-state index in [1.807, 2.05) is 12.5 Å².